The van der Waals surface area contributed by atoms with E-state index in [1.807, 2.05) is 49.3 Å². The minimum absolute atomic E-state index is 0.0445. The average Bonchev–Trinajstić information content (AvgIpc) is 3.79. The van der Waals surface area contributed by atoms with Crippen molar-refractivity contribution in [3.63, 3.8) is 0 Å². The zero-order valence-electron chi connectivity index (χ0n) is 34.7. The van der Waals surface area contributed by atoms with Crippen molar-refractivity contribution in [3.05, 3.63) is 47.5 Å². The topological polar surface area (TPSA) is 127 Å². The van der Waals surface area contributed by atoms with Crippen molar-refractivity contribution >= 4 is 17.5 Å². The summed E-state index contributed by atoms with van der Waals surface area (Å²) in [6, 6.07) is 11.1. The minimum atomic E-state index is -0.893. The van der Waals surface area contributed by atoms with Crippen LogP contribution in [-0.4, -0.2) is 110 Å². The summed E-state index contributed by atoms with van der Waals surface area (Å²) in [7, 11) is 5.56. The van der Waals surface area contributed by atoms with Gasteiger partial charge in [-0.3, -0.25) is 14.4 Å². The Morgan fingerprint density at radius 2 is 1.82 bits per heavy atom. The SMILES string of the molecule is COc1c(CN2O[C@@H](CO)[C@@H]([C@H](C)O)[C@H]2C(=O)N[C@H]2C[C@H]3C[C@@H]([C@@H]2C)C3(C)C)cccc1-c1cc(C(=O)N[C@@H](CC(C)C)CN2CCCC2)cc(N(C)C)c1. The molecule has 3 aliphatic carbocycles. The minimum Gasteiger partial charge on any atom is -0.496 e. The second kappa shape index (κ2) is 17.1. The molecule has 5 aliphatic rings. The van der Waals surface area contributed by atoms with Crippen molar-refractivity contribution in [1.82, 2.24) is 20.6 Å². The van der Waals surface area contributed by atoms with Crippen LogP contribution in [-0.2, 0) is 16.2 Å². The van der Waals surface area contributed by atoms with Crippen LogP contribution in [0.3, 0.4) is 0 Å². The molecule has 2 aromatic rings. The van der Waals surface area contributed by atoms with Gasteiger partial charge in [0.15, 0.2) is 0 Å². The number of hydrogen-bond acceptors (Lipinski definition) is 9. The standard InChI is InChI=1S/C44H67N5O6/c1-26(2)17-33(24-48-15-10-11-16-48)45-42(52)31-18-30(19-34(20-31)47(7)8)35-14-12-13-29(41(35)54-9)23-49-40(39(28(4)51)38(25-50)55-49)43(53)46-37-22-32-21-36(27(37)3)44(32,5)6/h12-14,18-20,26-28,32-33,36-40,50-51H,10-11,15-17,21-25H2,1-9H3,(H,45,52)(H,46,53)/t27-,28-,32+,33-,36-,37-,38-,39+,40-/m0/s1. The molecule has 9 atom stereocenters. The molecule has 11 heteroatoms. The Hall–Kier alpha value is -3.22. The van der Waals surface area contributed by atoms with Crippen molar-refractivity contribution in [2.45, 2.75) is 111 Å². The molecule has 2 aromatic carbocycles. The van der Waals surface area contributed by atoms with Gasteiger partial charge in [0.25, 0.3) is 5.91 Å². The molecule has 0 spiro atoms. The second-order valence-electron chi connectivity index (χ2n) is 18.2. The molecule has 55 heavy (non-hydrogen) atoms. The smallest absolute Gasteiger partial charge is 0.251 e. The second-order valence-corrected chi connectivity index (χ2v) is 18.2. The van der Waals surface area contributed by atoms with E-state index >= 15 is 0 Å². The fraction of sp³-hybridized carbons (Fsp3) is 0.682. The summed E-state index contributed by atoms with van der Waals surface area (Å²) in [5, 5.41) is 29.7. The van der Waals surface area contributed by atoms with Crippen LogP contribution in [0.15, 0.2) is 36.4 Å². The Bertz CT molecular complexity index is 1660. The van der Waals surface area contributed by atoms with Crippen LogP contribution in [0.4, 0.5) is 5.69 Å². The molecule has 2 saturated heterocycles. The highest BCUT2D eigenvalue weighted by molar-refractivity contribution is 5.97. The van der Waals surface area contributed by atoms with E-state index in [0.717, 1.165) is 54.9 Å². The number of amides is 2. The number of hydrogen-bond donors (Lipinski definition) is 4. The number of aliphatic hydroxyl groups excluding tert-OH is 2. The number of carbonyl (C=O) groups excluding carboxylic acids is 2. The zero-order valence-corrected chi connectivity index (χ0v) is 34.7. The zero-order chi connectivity index (χ0) is 39.8. The summed E-state index contributed by atoms with van der Waals surface area (Å²) in [5.41, 5.74) is 4.16. The molecule has 2 heterocycles. The molecule has 11 nitrogen and oxygen atoms in total. The van der Waals surface area contributed by atoms with Crippen LogP contribution in [0.5, 0.6) is 5.75 Å². The average molecular weight is 762 g/mol. The van der Waals surface area contributed by atoms with Gasteiger partial charge in [0, 0.05) is 61.0 Å². The predicted octanol–water partition coefficient (Wildman–Crippen LogP) is 5.33. The molecule has 2 bridgehead atoms. The van der Waals surface area contributed by atoms with Crippen LogP contribution in [0, 0.1) is 35.0 Å². The summed E-state index contributed by atoms with van der Waals surface area (Å²) < 4.78 is 6.12. The van der Waals surface area contributed by atoms with E-state index in [4.69, 9.17) is 9.57 Å². The van der Waals surface area contributed by atoms with E-state index < -0.39 is 24.2 Å². The molecular formula is C44H67N5O6. The molecule has 4 N–H and O–H groups in total. The Labute approximate surface area is 329 Å². The Balaban J connectivity index is 1.27. The third-order valence-corrected chi connectivity index (χ3v) is 13.5. The van der Waals surface area contributed by atoms with Crippen molar-refractivity contribution in [2.24, 2.45) is 35.0 Å². The van der Waals surface area contributed by atoms with Crippen LogP contribution in [0.2, 0.25) is 0 Å². The number of likely N-dealkylation sites (tertiary alicyclic amines) is 1. The fourth-order valence-corrected chi connectivity index (χ4v) is 10.3. The normalized spacial score (nSPS) is 28.8. The van der Waals surface area contributed by atoms with E-state index in [2.05, 4.69) is 56.2 Å². The summed E-state index contributed by atoms with van der Waals surface area (Å²) in [4.78, 5) is 39.0. The summed E-state index contributed by atoms with van der Waals surface area (Å²) in [6.45, 7) is 15.8. The molecule has 2 aliphatic heterocycles. The summed E-state index contributed by atoms with van der Waals surface area (Å²) in [5.74, 6) is 1.60. The van der Waals surface area contributed by atoms with Crippen molar-refractivity contribution in [3.8, 4) is 16.9 Å². The first-order chi connectivity index (χ1) is 26.1. The number of benzene rings is 2. The first-order valence-electron chi connectivity index (χ1n) is 20.7. The van der Waals surface area contributed by atoms with Crippen LogP contribution in [0.1, 0.15) is 89.6 Å². The molecule has 0 radical (unpaired) electrons. The van der Waals surface area contributed by atoms with Gasteiger partial charge in [0.1, 0.15) is 17.9 Å². The molecule has 5 fully saturated rings. The molecular weight excluding hydrogens is 695 g/mol. The van der Waals surface area contributed by atoms with E-state index in [0.29, 0.717) is 35.0 Å². The Morgan fingerprint density at radius 3 is 2.42 bits per heavy atom. The van der Waals surface area contributed by atoms with E-state index in [9.17, 15) is 19.8 Å². The first kappa shape index (κ1) is 41.4. The van der Waals surface area contributed by atoms with Crippen LogP contribution in [0.25, 0.3) is 11.1 Å². The van der Waals surface area contributed by atoms with Gasteiger partial charge >= 0.3 is 0 Å². The molecule has 0 unspecified atom stereocenters. The van der Waals surface area contributed by atoms with E-state index in [1.54, 1.807) is 19.1 Å². The number of hydroxylamine groups is 2. The highest BCUT2D eigenvalue weighted by atomic mass is 16.7. The predicted molar refractivity (Wildman–Crippen MR) is 217 cm³/mol. The third kappa shape index (κ3) is 8.71. The lowest BCUT2D eigenvalue weighted by Crippen LogP contribution is -2.62. The highest BCUT2D eigenvalue weighted by Gasteiger charge is 2.57. The van der Waals surface area contributed by atoms with Crippen molar-refractivity contribution in [1.29, 1.82) is 0 Å². The van der Waals surface area contributed by atoms with Gasteiger partial charge in [0.05, 0.1) is 26.4 Å². The highest BCUT2D eigenvalue weighted by Crippen LogP contribution is 2.61. The third-order valence-electron chi connectivity index (χ3n) is 13.5. The summed E-state index contributed by atoms with van der Waals surface area (Å²) in [6.07, 6.45) is 3.82. The van der Waals surface area contributed by atoms with E-state index in [-0.39, 0.29) is 42.5 Å². The molecule has 3 saturated carbocycles. The summed E-state index contributed by atoms with van der Waals surface area (Å²) >= 11 is 0. The quantitative estimate of drug-likeness (QED) is 0.191. The van der Waals surface area contributed by atoms with Crippen molar-refractivity contribution in [2.75, 3.05) is 52.3 Å². The van der Waals surface area contributed by atoms with Gasteiger partial charge in [0.2, 0.25) is 5.91 Å². The number of fused-ring (bicyclic) bond motifs is 2. The lowest BCUT2D eigenvalue weighted by molar-refractivity contribution is -0.183. The first-order valence-corrected chi connectivity index (χ1v) is 20.7. The van der Waals surface area contributed by atoms with Gasteiger partial charge in [-0.1, -0.05) is 52.8 Å². The maximum absolute atomic E-state index is 14.3. The number of para-hydroxylation sites is 1. The molecule has 7 rings (SSSR count). The number of anilines is 1. The lowest BCUT2D eigenvalue weighted by Gasteiger charge is -2.62. The molecule has 304 valence electrons. The van der Waals surface area contributed by atoms with Gasteiger partial charge < -0.3 is 35.4 Å². The number of aliphatic hydroxyl groups is 2. The maximum Gasteiger partial charge on any atom is 0.251 e. The number of carbonyl (C=O) groups is 2. The van der Waals surface area contributed by atoms with Gasteiger partial charge in [-0.05, 0) is 105 Å². The van der Waals surface area contributed by atoms with Gasteiger partial charge in [-0.2, -0.15) is 5.06 Å². The number of ether oxygens (including phenoxy) is 1. The monoisotopic (exact) mass is 762 g/mol. The Kier molecular flexibility index (Phi) is 12.9. The number of rotatable bonds is 15. The fourth-order valence-electron chi connectivity index (χ4n) is 10.3. The number of methoxy groups -OCH3 is 1. The number of nitrogens with zero attached hydrogens (tertiary/aromatic N) is 3. The van der Waals surface area contributed by atoms with Crippen molar-refractivity contribution < 1.29 is 29.4 Å². The van der Waals surface area contributed by atoms with Gasteiger partial charge in [-0.25, -0.2) is 0 Å². The number of nitrogens with one attached hydrogen (secondary N) is 2. The molecule has 0 aromatic heterocycles. The maximum atomic E-state index is 14.3. The van der Waals surface area contributed by atoms with Crippen LogP contribution >= 0.6 is 0 Å². The largest absolute Gasteiger partial charge is 0.496 e. The Morgan fingerprint density at radius 1 is 1.09 bits per heavy atom. The van der Waals surface area contributed by atoms with Gasteiger partial charge in [-0.15, -0.1) is 0 Å². The van der Waals surface area contributed by atoms with Crippen LogP contribution < -0.4 is 20.3 Å². The van der Waals surface area contributed by atoms with E-state index in [1.165, 1.54) is 19.3 Å². The molecule has 2 amide bonds. The lowest BCUT2D eigenvalue weighted by atomic mass is 9.45.